The fourth-order valence-corrected chi connectivity index (χ4v) is 4.44. The van der Waals surface area contributed by atoms with Gasteiger partial charge in [0.1, 0.15) is 4.83 Å². The zero-order valence-corrected chi connectivity index (χ0v) is 17.5. The van der Waals surface area contributed by atoms with Gasteiger partial charge in [-0.15, -0.1) is 11.3 Å². The minimum absolute atomic E-state index is 0.182. The standard InChI is InChI=1S/C22H18ClN3O2S/c1-13-6-5-8-16(10-13)25-20(27)19-14(2)18-21(29-19)24-12-26(22(18)28)11-15-7-3-4-9-17(15)23/h3-10,12H,11H2,1-2H3,(H,25,27). The number of aromatic nitrogens is 2. The zero-order chi connectivity index (χ0) is 20.5. The minimum Gasteiger partial charge on any atom is -0.321 e. The van der Waals surface area contributed by atoms with E-state index in [2.05, 4.69) is 10.3 Å². The van der Waals surface area contributed by atoms with Crippen molar-refractivity contribution in [2.24, 2.45) is 0 Å². The van der Waals surface area contributed by atoms with Gasteiger partial charge in [-0.05, 0) is 48.7 Å². The van der Waals surface area contributed by atoms with Crippen LogP contribution in [-0.2, 0) is 6.54 Å². The molecule has 0 aliphatic rings. The van der Waals surface area contributed by atoms with E-state index in [0.29, 0.717) is 32.2 Å². The molecular formula is C22H18ClN3O2S. The van der Waals surface area contributed by atoms with Gasteiger partial charge in [0.05, 0.1) is 23.1 Å². The average Bonchev–Trinajstić information content (AvgIpc) is 3.03. The number of anilines is 1. The molecule has 0 saturated carbocycles. The van der Waals surface area contributed by atoms with Gasteiger partial charge >= 0.3 is 0 Å². The van der Waals surface area contributed by atoms with E-state index in [1.165, 1.54) is 22.2 Å². The van der Waals surface area contributed by atoms with Crippen LogP contribution in [0.3, 0.4) is 0 Å². The minimum atomic E-state index is -0.242. The Morgan fingerprint density at radius 2 is 1.97 bits per heavy atom. The highest BCUT2D eigenvalue weighted by Crippen LogP contribution is 2.28. The molecule has 7 heteroatoms. The van der Waals surface area contributed by atoms with E-state index in [9.17, 15) is 9.59 Å². The molecule has 1 amide bonds. The SMILES string of the molecule is Cc1cccc(NC(=O)c2sc3ncn(Cc4ccccc4Cl)c(=O)c3c2C)c1. The maximum absolute atomic E-state index is 13.1. The molecule has 0 aliphatic heterocycles. The molecule has 4 aromatic rings. The summed E-state index contributed by atoms with van der Waals surface area (Å²) in [4.78, 5) is 31.3. The second-order valence-corrected chi connectivity index (χ2v) is 8.24. The Balaban J connectivity index is 1.70. The summed E-state index contributed by atoms with van der Waals surface area (Å²) >= 11 is 7.45. The largest absolute Gasteiger partial charge is 0.321 e. The van der Waals surface area contributed by atoms with Gasteiger partial charge in [0, 0.05) is 10.7 Å². The fraction of sp³-hybridized carbons (Fsp3) is 0.136. The second kappa shape index (κ2) is 7.81. The van der Waals surface area contributed by atoms with Crippen molar-refractivity contribution in [2.45, 2.75) is 20.4 Å². The normalized spacial score (nSPS) is 11.0. The Morgan fingerprint density at radius 3 is 2.72 bits per heavy atom. The Hall–Kier alpha value is -2.96. The summed E-state index contributed by atoms with van der Waals surface area (Å²) in [5.74, 6) is -0.242. The van der Waals surface area contributed by atoms with Crippen LogP contribution < -0.4 is 10.9 Å². The first kappa shape index (κ1) is 19.4. The van der Waals surface area contributed by atoms with Crippen LogP contribution in [0, 0.1) is 13.8 Å². The number of halogens is 1. The molecule has 0 aliphatic carbocycles. The molecule has 0 atom stereocenters. The number of benzene rings is 2. The molecular weight excluding hydrogens is 406 g/mol. The molecule has 29 heavy (non-hydrogen) atoms. The van der Waals surface area contributed by atoms with Gasteiger partial charge in [0.15, 0.2) is 0 Å². The van der Waals surface area contributed by atoms with Crippen LogP contribution in [0.4, 0.5) is 5.69 Å². The topological polar surface area (TPSA) is 64.0 Å². The molecule has 0 bridgehead atoms. The van der Waals surface area contributed by atoms with Crippen molar-refractivity contribution in [3.05, 3.63) is 91.8 Å². The maximum Gasteiger partial charge on any atom is 0.266 e. The van der Waals surface area contributed by atoms with Gasteiger partial charge in [-0.2, -0.15) is 0 Å². The van der Waals surface area contributed by atoms with Gasteiger partial charge in [0.25, 0.3) is 11.5 Å². The van der Waals surface area contributed by atoms with Crippen molar-refractivity contribution >= 4 is 44.7 Å². The average molecular weight is 424 g/mol. The number of nitrogens with one attached hydrogen (secondary N) is 1. The van der Waals surface area contributed by atoms with Crippen molar-refractivity contribution in [1.82, 2.24) is 9.55 Å². The van der Waals surface area contributed by atoms with Crippen LogP contribution in [0.2, 0.25) is 5.02 Å². The number of hydrogen-bond acceptors (Lipinski definition) is 4. The van der Waals surface area contributed by atoms with Crippen molar-refractivity contribution < 1.29 is 4.79 Å². The highest BCUT2D eigenvalue weighted by molar-refractivity contribution is 7.20. The molecule has 2 aromatic carbocycles. The summed E-state index contributed by atoms with van der Waals surface area (Å²) in [5, 5.41) is 3.97. The van der Waals surface area contributed by atoms with Crippen LogP contribution in [0.15, 0.2) is 59.7 Å². The first-order chi connectivity index (χ1) is 13.9. The van der Waals surface area contributed by atoms with E-state index in [1.807, 2.05) is 49.4 Å². The van der Waals surface area contributed by atoms with Crippen molar-refractivity contribution in [1.29, 1.82) is 0 Å². The number of carbonyl (C=O) groups is 1. The van der Waals surface area contributed by atoms with Crippen molar-refractivity contribution in [3.63, 3.8) is 0 Å². The highest BCUT2D eigenvalue weighted by atomic mass is 35.5. The van der Waals surface area contributed by atoms with Crippen LogP contribution in [0.1, 0.15) is 26.4 Å². The van der Waals surface area contributed by atoms with Gasteiger partial charge in [-0.25, -0.2) is 4.98 Å². The lowest BCUT2D eigenvalue weighted by Crippen LogP contribution is -2.21. The van der Waals surface area contributed by atoms with Crippen LogP contribution in [0.25, 0.3) is 10.2 Å². The maximum atomic E-state index is 13.1. The number of fused-ring (bicyclic) bond motifs is 1. The quantitative estimate of drug-likeness (QED) is 0.500. The Kier molecular flexibility index (Phi) is 5.22. The number of rotatable bonds is 4. The summed E-state index contributed by atoms with van der Waals surface area (Å²) in [6, 6.07) is 15.0. The van der Waals surface area contributed by atoms with Crippen LogP contribution in [-0.4, -0.2) is 15.5 Å². The molecule has 4 rings (SSSR count). The summed E-state index contributed by atoms with van der Waals surface area (Å²) in [7, 11) is 0. The molecule has 2 aromatic heterocycles. The van der Waals surface area contributed by atoms with Crippen LogP contribution >= 0.6 is 22.9 Å². The molecule has 1 N–H and O–H groups in total. The molecule has 0 saturated heterocycles. The third-order valence-electron chi connectivity index (χ3n) is 4.70. The molecule has 0 unspecified atom stereocenters. The number of thiophene rings is 1. The Bertz CT molecular complexity index is 1290. The predicted octanol–water partition coefficient (Wildman–Crippen LogP) is 5.03. The summed E-state index contributed by atoms with van der Waals surface area (Å²) in [6.07, 6.45) is 1.51. The number of hydrogen-bond donors (Lipinski definition) is 1. The molecule has 0 radical (unpaired) electrons. The summed E-state index contributed by atoms with van der Waals surface area (Å²) in [5.41, 5.74) is 3.07. The predicted molar refractivity (Wildman–Crippen MR) is 118 cm³/mol. The third-order valence-corrected chi connectivity index (χ3v) is 6.27. The lowest BCUT2D eigenvalue weighted by molar-refractivity contribution is 0.103. The molecule has 0 fully saturated rings. The summed E-state index contributed by atoms with van der Waals surface area (Å²) < 4.78 is 1.52. The molecule has 0 spiro atoms. The van der Waals surface area contributed by atoms with E-state index >= 15 is 0 Å². The van der Waals surface area contributed by atoms with Crippen molar-refractivity contribution in [2.75, 3.05) is 5.32 Å². The lowest BCUT2D eigenvalue weighted by atomic mass is 10.2. The molecule has 146 valence electrons. The molecule has 2 heterocycles. The van der Waals surface area contributed by atoms with E-state index in [1.54, 1.807) is 13.0 Å². The van der Waals surface area contributed by atoms with Crippen molar-refractivity contribution in [3.8, 4) is 0 Å². The Labute approximate surface area is 176 Å². The van der Waals surface area contributed by atoms with Gasteiger partial charge < -0.3 is 5.32 Å². The smallest absolute Gasteiger partial charge is 0.266 e. The zero-order valence-electron chi connectivity index (χ0n) is 15.9. The number of nitrogens with zero attached hydrogens (tertiary/aromatic N) is 2. The molecule has 5 nitrogen and oxygen atoms in total. The Morgan fingerprint density at radius 1 is 1.17 bits per heavy atom. The van der Waals surface area contributed by atoms with E-state index in [4.69, 9.17) is 11.6 Å². The summed E-state index contributed by atoms with van der Waals surface area (Å²) in [6.45, 7) is 4.07. The third kappa shape index (κ3) is 3.81. The lowest BCUT2D eigenvalue weighted by Gasteiger charge is -2.07. The van der Waals surface area contributed by atoms with E-state index in [0.717, 1.165) is 16.8 Å². The van der Waals surface area contributed by atoms with Gasteiger partial charge in [-0.1, -0.05) is 41.9 Å². The second-order valence-electron chi connectivity index (χ2n) is 6.83. The number of amides is 1. The van der Waals surface area contributed by atoms with Gasteiger partial charge in [-0.3, -0.25) is 14.2 Å². The fourth-order valence-electron chi connectivity index (χ4n) is 3.21. The monoisotopic (exact) mass is 423 g/mol. The first-order valence-electron chi connectivity index (χ1n) is 9.04. The number of aryl methyl sites for hydroxylation is 2. The number of carbonyl (C=O) groups excluding carboxylic acids is 1. The van der Waals surface area contributed by atoms with Gasteiger partial charge in [0.2, 0.25) is 0 Å². The first-order valence-corrected chi connectivity index (χ1v) is 10.2. The van der Waals surface area contributed by atoms with E-state index in [-0.39, 0.29) is 11.5 Å². The van der Waals surface area contributed by atoms with Crippen LogP contribution in [0.5, 0.6) is 0 Å². The van der Waals surface area contributed by atoms with E-state index < -0.39 is 0 Å². The highest BCUT2D eigenvalue weighted by Gasteiger charge is 2.20.